The van der Waals surface area contributed by atoms with Crippen molar-refractivity contribution >= 4 is 29.9 Å². The Kier molecular flexibility index (Phi) is 11.7. The van der Waals surface area contributed by atoms with Gasteiger partial charge in [-0.15, -0.1) is 34.2 Å². The van der Waals surface area contributed by atoms with Crippen LogP contribution in [0.15, 0.2) is 35.6 Å². The van der Waals surface area contributed by atoms with Gasteiger partial charge in [0.25, 0.3) is 0 Å². The fourth-order valence-corrected chi connectivity index (χ4v) is 2.55. The molecule has 0 aliphatic rings. The molecule has 0 radical (unpaired) electrons. The standard InChI is InChI=1S/C20H32N6O.HI/c1-5-19-25-24-15-26(19)12-11-22-20(21-6-2)23-13-17-7-9-18(10-8-17)14-27-16(3)4;/h7-10,15-16H,5-6,11-14H2,1-4H3,(H2,21,22,23);1H. The molecule has 0 amide bonds. The van der Waals surface area contributed by atoms with Crippen LogP contribution in [0.3, 0.4) is 0 Å². The summed E-state index contributed by atoms with van der Waals surface area (Å²) in [6.07, 6.45) is 2.90. The zero-order valence-corrected chi connectivity index (χ0v) is 19.6. The largest absolute Gasteiger partial charge is 0.374 e. The molecule has 0 saturated heterocycles. The van der Waals surface area contributed by atoms with Gasteiger partial charge in [0.05, 0.1) is 19.3 Å². The Morgan fingerprint density at radius 3 is 2.50 bits per heavy atom. The summed E-state index contributed by atoms with van der Waals surface area (Å²) in [4.78, 5) is 4.67. The van der Waals surface area contributed by atoms with Crippen LogP contribution in [-0.2, 0) is 30.9 Å². The van der Waals surface area contributed by atoms with Crippen molar-refractivity contribution in [3.8, 4) is 0 Å². The molecule has 0 bridgehead atoms. The van der Waals surface area contributed by atoms with Gasteiger partial charge in [0.2, 0.25) is 0 Å². The molecule has 8 heteroatoms. The van der Waals surface area contributed by atoms with Gasteiger partial charge in [-0.2, -0.15) is 0 Å². The Balaban J connectivity index is 0.00000392. The van der Waals surface area contributed by atoms with Crippen molar-refractivity contribution < 1.29 is 4.74 Å². The Morgan fingerprint density at radius 2 is 1.86 bits per heavy atom. The van der Waals surface area contributed by atoms with E-state index in [1.54, 1.807) is 6.33 Å². The lowest BCUT2D eigenvalue weighted by molar-refractivity contribution is 0.0657. The average molecular weight is 500 g/mol. The maximum absolute atomic E-state index is 5.63. The van der Waals surface area contributed by atoms with E-state index in [1.165, 1.54) is 11.1 Å². The maximum Gasteiger partial charge on any atom is 0.191 e. The van der Waals surface area contributed by atoms with Crippen LogP contribution in [0, 0.1) is 0 Å². The monoisotopic (exact) mass is 500 g/mol. The molecule has 1 aromatic heterocycles. The zero-order valence-electron chi connectivity index (χ0n) is 17.3. The summed E-state index contributed by atoms with van der Waals surface area (Å²) in [5.74, 6) is 1.82. The molecule has 2 rings (SSSR count). The number of aryl methyl sites for hydroxylation is 1. The number of ether oxygens (including phenoxy) is 1. The van der Waals surface area contributed by atoms with Crippen LogP contribution in [-0.4, -0.2) is 39.9 Å². The first-order chi connectivity index (χ1) is 13.1. The summed E-state index contributed by atoms with van der Waals surface area (Å²) in [6.45, 7) is 11.9. The van der Waals surface area contributed by atoms with E-state index in [0.717, 1.165) is 37.8 Å². The number of hydrogen-bond acceptors (Lipinski definition) is 4. The Morgan fingerprint density at radius 1 is 1.14 bits per heavy atom. The second-order valence-corrected chi connectivity index (χ2v) is 6.59. The second-order valence-electron chi connectivity index (χ2n) is 6.59. The topological polar surface area (TPSA) is 76.4 Å². The van der Waals surface area contributed by atoms with Crippen LogP contribution in [0.5, 0.6) is 0 Å². The smallest absolute Gasteiger partial charge is 0.191 e. The van der Waals surface area contributed by atoms with Gasteiger partial charge in [-0.05, 0) is 31.9 Å². The molecule has 2 aromatic rings. The summed E-state index contributed by atoms with van der Waals surface area (Å²) in [6, 6.07) is 8.42. The highest BCUT2D eigenvalue weighted by atomic mass is 127. The molecule has 28 heavy (non-hydrogen) atoms. The molecule has 0 aliphatic heterocycles. The predicted octanol–water partition coefficient (Wildman–Crippen LogP) is 3.14. The van der Waals surface area contributed by atoms with E-state index in [0.29, 0.717) is 13.2 Å². The van der Waals surface area contributed by atoms with Crippen LogP contribution < -0.4 is 10.6 Å². The van der Waals surface area contributed by atoms with Crippen molar-refractivity contribution in [2.45, 2.75) is 59.9 Å². The lowest BCUT2D eigenvalue weighted by Crippen LogP contribution is -2.38. The van der Waals surface area contributed by atoms with Gasteiger partial charge >= 0.3 is 0 Å². The Bertz CT molecular complexity index is 699. The number of benzene rings is 1. The number of halogens is 1. The predicted molar refractivity (Wildman–Crippen MR) is 124 cm³/mol. The summed E-state index contributed by atoms with van der Waals surface area (Å²) >= 11 is 0. The number of hydrogen-bond donors (Lipinski definition) is 2. The molecule has 0 aliphatic carbocycles. The van der Waals surface area contributed by atoms with E-state index >= 15 is 0 Å². The highest BCUT2D eigenvalue weighted by Gasteiger charge is 2.03. The molecular weight excluding hydrogens is 467 g/mol. The van der Waals surface area contributed by atoms with Crippen LogP contribution in [0.2, 0.25) is 0 Å². The number of rotatable bonds is 10. The fraction of sp³-hybridized carbons (Fsp3) is 0.550. The van der Waals surface area contributed by atoms with Crippen molar-refractivity contribution in [1.82, 2.24) is 25.4 Å². The third-order valence-electron chi connectivity index (χ3n) is 4.03. The van der Waals surface area contributed by atoms with Crippen molar-refractivity contribution in [3.63, 3.8) is 0 Å². The quantitative estimate of drug-likeness (QED) is 0.298. The molecule has 2 N–H and O–H groups in total. The van der Waals surface area contributed by atoms with E-state index in [2.05, 4.69) is 68.5 Å². The molecule has 0 atom stereocenters. The summed E-state index contributed by atoms with van der Waals surface area (Å²) in [5.41, 5.74) is 2.36. The molecule has 0 saturated carbocycles. The van der Waals surface area contributed by atoms with Crippen molar-refractivity contribution in [1.29, 1.82) is 0 Å². The fourth-order valence-electron chi connectivity index (χ4n) is 2.55. The Labute approximate surface area is 185 Å². The first kappa shape index (κ1) is 24.4. The first-order valence-corrected chi connectivity index (χ1v) is 9.70. The molecule has 7 nitrogen and oxygen atoms in total. The summed E-state index contributed by atoms with van der Waals surface area (Å²) < 4.78 is 7.69. The molecule has 156 valence electrons. The summed E-state index contributed by atoms with van der Waals surface area (Å²) in [5, 5.41) is 14.7. The number of aromatic nitrogens is 3. The van der Waals surface area contributed by atoms with E-state index in [-0.39, 0.29) is 30.1 Å². The van der Waals surface area contributed by atoms with Gasteiger partial charge in [0.1, 0.15) is 12.2 Å². The zero-order chi connectivity index (χ0) is 19.5. The van der Waals surface area contributed by atoms with E-state index in [1.807, 2.05) is 13.8 Å². The van der Waals surface area contributed by atoms with E-state index in [9.17, 15) is 0 Å². The highest BCUT2D eigenvalue weighted by Crippen LogP contribution is 2.08. The van der Waals surface area contributed by atoms with Crippen LogP contribution >= 0.6 is 24.0 Å². The number of nitrogens with zero attached hydrogens (tertiary/aromatic N) is 4. The van der Waals surface area contributed by atoms with Crippen LogP contribution in [0.4, 0.5) is 0 Å². The number of aliphatic imine (C=N–C) groups is 1. The highest BCUT2D eigenvalue weighted by molar-refractivity contribution is 14.0. The molecular formula is C20H33IN6O. The lowest BCUT2D eigenvalue weighted by atomic mass is 10.1. The third kappa shape index (κ3) is 8.55. The minimum Gasteiger partial charge on any atom is -0.374 e. The molecule has 1 aromatic carbocycles. The Hall–Kier alpha value is -1.68. The van der Waals surface area contributed by atoms with Gasteiger partial charge in [-0.25, -0.2) is 4.99 Å². The SMILES string of the molecule is CCNC(=NCc1ccc(COC(C)C)cc1)NCCn1cnnc1CC.I. The van der Waals surface area contributed by atoms with Crippen molar-refractivity contribution in [3.05, 3.63) is 47.5 Å². The maximum atomic E-state index is 5.63. The van der Waals surface area contributed by atoms with Crippen molar-refractivity contribution in [2.24, 2.45) is 4.99 Å². The third-order valence-corrected chi connectivity index (χ3v) is 4.03. The normalized spacial score (nSPS) is 11.4. The van der Waals surface area contributed by atoms with Crippen LogP contribution in [0.25, 0.3) is 0 Å². The van der Waals surface area contributed by atoms with Gasteiger partial charge in [0.15, 0.2) is 5.96 Å². The molecule has 0 unspecified atom stereocenters. The average Bonchev–Trinajstić information content (AvgIpc) is 3.12. The van der Waals surface area contributed by atoms with E-state index < -0.39 is 0 Å². The minimum absolute atomic E-state index is 0. The first-order valence-electron chi connectivity index (χ1n) is 9.70. The van der Waals surface area contributed by atoms with Gasteiger partial charge in [0, 0.05) is 26.1 Å². The van der Waals surface area contributed by atoms with Gasteiger partial charge < -0.3 is 19.9 Å². The lowest BCUT2D eigenvalue weighted by Gasteiger charge is -2.12. The van der Waals surface area contributed by atoms with Crippen LogP contribution in [0.1, 0.15) is 44.6 Å². The molecule has 1 heterocycles. The van der Waals surface area contributed by atoms with Crippen molar-refractivity contribution in [2.75, 3.05) is 13.1 Å². The van der Waals surface area contributed by atoms with E-state index in [4.69, 9.17) is 4.74 Å². The number of nitrogens with one attached hydrogen (secondary N) is 2. The number of guanidine groups is 1. The molecule has 0 spiro atoms. The second kappa shape index (κ2) is 13.5. The summed E-state index contributed by atoms with van der Waals surface area (Å²) in [7, 11) is 0. The minimum atomic E-state index is 0. The van der Waals surface area contributed by atoms with Gasteiger partial charge in [-0.1, -0.05) is 31.2 Å². The van der Waals surface area contributed by atoms with Gasteiger partial charge in [-0.3, -0.25) is 0 Å². The molecule has 0 fully saturated rings.